The molecule has 0 aromatic heterocycles. The smallest absolute Gasteiger partial charge is 0.402 e. The van der Waals surface area contributed by atoms with Gasteiger partial charge in [-0.2, -0.15) is 0 Å². The van der Waals surface area contributed by atoms with Crippen molar-refractivity contribution in [3.8, 4) is 22.3 Å². The summed E-state index contributed by atoms with van der Waals surface area (Å²) < 4.78 is 40.0. The number of halogens is 1. The topological polar surface area (TPSA) is 54.0 Å². The first-order valence-corrected chi connectivity index (χ1v) is 22.3. The third kappa shape index (κ3) is 8.20. The number of benzene rings is 6. The van der Waals surface area contributed by atoms with Crippen molar-refractivity contribution >= 4 is 38.8 Å². The molecule has 5 nitrogen and oxygen atoms in total. The van der Waals surface area contributed by atoms with Gasteiger partial charge in [-0.1, -0.05) is 184 Å². The van der Waals surface area contributed by atoms with Gasteiger partial charge in [0.1, 0.15) is 0 Å². The first-order chi connectivity index (χ1) is 27.2. The lowest BCUT2D eigenvalue weighted by Crippen LogP contribution is -2.45. The van der Waals surface area contributed by atoms with Gasteiger partial charge in [-0.3, -0.25) is 13.6 Å². The van der Waals surface area contributed by atoms with Crippen molar-refractivity contribution in [2.24, 2.45) is 0 Å². The maximum absolute atomic E-state index is 14.7. The second kappa shape index (κ2) is 16.6. The van der Waals surface area contributed by atoms with Gasteiger partial charge in [0.05, 0.1) is 26.4 Å². The van der Waals surface area contributed by atoms with Crippen LogP contribution < -0.4 is 10.4 Å². The number of phosphoric acid groups is 1. The molecule has 2 aliphatic carbocycles. The zero-order valence-electron chi connectivity index (χ0n) is 31.9. The summed E-state index contributed by atoms with van der Waals surface area (Å²) >= 11 is 6.80. The van der Waals surface area contributed by atoms with Gasteiger partial charge in [0.2, 0.25) is 0 Å². The fourth-order valence-electron chi connectivity index (χ4n) is 7.79. The zero-order chi connectivity index (χ0) is 38.7. The Morgan fingerprint density at radius 2 is 1.00 bits per heavy atom. The van der Waals surface area contributed by atoms with Crippen molar-refractivity contribution in [3.05, 3.63) is 191 Å². The summed E-state index contributed by atoms with van der Waals surface area (Å²) in [7, 11) is -5.73. The van der Waals surface area contributed by atoms with Crippen molar-refractivity contribution in [2.75, 3.05) is 26.4 Å². The number of fused-ring (bicyclic) bond motifs is 6. The van der Waals surface area contributed by atoms with Crippen LogP contribution in [0, 0.1) is 0 Å². The minimum atomic E-state index is -4.12. The fraction of sp³-hybridized carbons (Fsp3) is 0.208. The summed E-state index contributed by atoms with van der Waals surface area (Å²) in [6.07, 6.45) is 1.69. The molecule has 0 spiro atoms. The second-order valence-electron chi connectivity index (χ2n) is 15.3. The summed E-state index contributed by atoms with van der Waals surface area (Å²) in [5.41, 5.74) is 10.5. The predicted octanol–water partition coefficient (Wildman–Crippen LogP) is 11.0. The molecule has 0 atom stereocenters. The molecule has 0 saturated carbocycles. The van der Waals surface area contributed by atoms with Crippen molar-refractivity contribution in [1.82, 2.24) is 0 Å². The number of rotatable bonds is 14. The Morgan fingerprint density at radius 3 is 1.45 bits per heavy atom. The van der Waals surface area contributed by atoms with E-state index in [0.717, 1.165) is 54.9 Å². The van der Waals surface area contributed by atoms with E-state index >= 15 is 0 Å². The third-order valence-electron chi connectivity index (χ3n) is 10.7. The van der Waals surface area contributed by atoms with Crippen molar-refractivity contribution in [3.63, 3.8) is 0 Å². The molecule has 0 heterocycles. The lowest BCUT2D eigenvalue weighted by Gasteiger charge is -2.23. The average molecular weight is 796 g/mol. The van der Waals surface area contributed by atoms with Crippen LogP contribution in [0.2, 0.25) is 0 Å². The van der Waals surface area contributed by atoms with Crippen LogP contribution in [-0.2, 0) is 28.0 Å². The van der Waals surface area contributed by atoms with Crippen LogP contribution in [-0.4, -0.2) is 35.5 Å². The average Bonchev–Trinajstić information content (AvgIpc) is 3.72. The van der Waals surface area contributed by atoms with Crippen LogP contribution in [0.3, 0.4) is 0 Å². The lowest BCUT2D eigenvalue weighted by atomic mass is 9.87. The lowest BCUT2D eigenvalue weighted by molar-refractivity contribution is 0.117. The third-order valence-corrected chi connectivity index (χ3v) is 14.5. The highest BCUT2D eigenvalue weighted by atomic mass is 35.5. The molecular weight excluding hydrogens is 751 g/mol. The first-order valence-electron chi connectivity index (χ1n) is 19.1. The standard InChI is InChI=1S/C48H45ClO5PSi/c1-48(2,3)34-25-27-37(28-26-34)56(36-15-5-4-6-16-36)54-31-35(49)29-30-51-55(50,52-32-46-42-21-11-7-17-38(42)39-18-8-12-22-43(39)46)53-33-47-44-23-13-9-19-40(44)41-20-10-14-24-45(41)47/h4-29,46-47H,30-33H2,1-3H3/b35-29-. The molecule has 0 unspecified atom stereocenters. The SMILES string of the molecule is CC(C)(C)c1ccc([Si](OC/C(Cl)=C/COP(=O)(OCC2c3ccccc3-c3ccccc32)OCC2c3ccccc3-c3ccccc32)c2ccccc2)cc1. The molecule has 0 amide bonds. The highest BCUT2D eigenvalue weighted by Crippen LogP contribution is 2.55. The van der Waals surface area contributed by atoms with Gasteiger partial charge in [0.25, 0.3) is 9.04 Å². The Morgan fingerprint density at radius 1 is 0.589 bits per heavy atom. The maximum atomic E-state index is 14.7. The van der Waals surface area contributed by atoms with Gasteiger partial charge in [-0.05, 0) is 71.9 Å². The molecule has 56 heavy (non-hydrogen) atoms. The van der Waals surface area contributed by atoms with Gasteiger partial charge in [0, 0.05) is 16.9 Å². The summed E-state index contributed by atoms with van der Waals surface area (Å²) in [6, 6.07) is 52.1. The van der Waals surface area contributed by atoms with Crippen molar-refractivity contribution in [1.29, 1.82) is 0 Å². The van der Waals surface area contributed by atoms with Crippen LogP contribution in [0.1, 0.15) is 60.4 Å². The number of hydrogen-bond donors (Lipinski definition) is 0. The van der Waals surface area contributed by atoms with E-state index in [1.54, 1.807) is 6.08 Å². The number of phosphoric ester groups is 1. The summed E-state index contributed by atoms with van der Waals surface area (Å²) in [5, 5.41) is 2.70. The Labute approximate surface area is 337 Å². The summed E-state index contributed by atoms with van der Waals surface area (Å²) in [4.78, 5) is 0. The first kappa shape index (κ1) is 38.5. The van der Waals surface area contributed by atoms with Crippen molar-refractivity contribution < 1.29 is 22.6 Å². The van der Waals surface area contributed by atoms with E-state index < -0.39 is 16.9 Å². The Bertz CT molecular complexity index is 2200. The van der Waals surface area contributed by atoms with Crippen LogP contribution in [0.4, 0.5) is 0 Å². The molecule has 8 heteroatoms. The molecule has 0 saturated heterocycles. The molecular formula is C48H45ClO5PSi. The molecule has 0 N–H and O–H groups in total. The van der Waals surface area contributed by atoms with Crippen LogP contribution >= 0.6 is 19.4 Å². The van der Waals surface area contributed by atoms with E-state index in [1.165, 1.54) is 5.56 Å². The normalized spacial score (nSPS) is 14.1. The molecule has 283 valence electrons. The molecule has 0 aliphatic heterocycles. The Hall–Kier alpha value is -4.36. The van der Waals surface area contributed by atoms with E-state index in [-0.39, 0.29) is 43.7 Å². The monoisotopic (exact) mass is 795 g/mol. The van der Waals surface area contributed by atoms with Crippen molar-refractivity contribution in [2.45, 2.75) is 38.0 Å². The summed E-state index contributed by atoms with van der Waals surface area (Å²) in [6.45, 7) is 6.98. The molecule has 6 aromatic rings. The van der Waals surface area contributed by atoms with E-state index in [9.17, 15) is 4.57 Å². The highest BCUT2D eigenvalue weighted by Gasteiger charge is 2.36. The minimum Gasteiger partial charge on any atom is -0.402 e. The van der Waals surface area contributed by atoms with Gasteiger partial charge >= 0.3 is 7.82 Å². The van der Waals surface area contributed by atoms with Gasteiger partial charge in [-0.15, -0.1) is 0 Å². The Balaban J connectivity index is 1.00. The molecule has 1 radical (unpaired) electrons. The molecule has 2 aliphatic rings. The summed E-state index contributed by atoms with van der Waals surface area (Å²) in [5.74, 6) is -0.251. The predicted molar refractivity (Wildman–Crippen MR) is 229 cm³/mol. The van der Waals surface area contributed by atoms with E-state index in [4.69, 9.17) is 29.6 Å². The van der Waals surface area contributed by atoms with Gasteiger partial charge < -0.3 is 4.43 Å². The van der Waals surface area contributed by atoms with Gasteiger partial charge in [0.15, 0.2) is 0 Å². The van der Waals surface area contributed by atoms with Crippen LogP contribution in [0.25, 0.3) is 22.3 Å². The second-order valence-corrected chi connectivity index (χ2v) is 19.5. The molecule has 0 fully saturated rings. The quantitative estimate of drug-likeness (QED) is 0.0812. The van der Waals surface area contributed by atoms with E-state index in [1.807, 2.05) is 66.7 Å². The minimum absolute atomic E-state index is 0.0517. The fourth-order valence-corrected chi connectivity index (χ4v) is 11.1. The molecule has 0 bridgehead atoms. The largest absolute Gasteiger partial charge is 0.475 e. The van der Waals surface area contributed by atoms with Crippen LogP contribution in [0.5, 0.6) is 0 Å². The maximum Gasteiger partial charge on any atom is 0.475 e. The molecule has 8 rings (SSSR count). The molecule has 6 aromatic carbocycles. The number of hydrogen-bond acceptors (Lipinski definition) is 5. The highest BCUT2D eigenvalue weighted by molar-refractivity contribution is 7.48. The van der Waals surface area contributed by atoms with Gasteiger partial charge in [-0.25, -0.2) is 4.57 Å². The van der Waals surface area contributed by atoms with E-state index in [0.29, 0.717) is 5.03 Å². The Kier molecular flexibility index (Phi) is 11.4. The van der Waals surface area contributed by atoms with Crippen LogP contribution in [0.15, 0.2) is 163 Å². The van der Waals surface area contributed by atoms with E-state index in [2.05, 4.69) is 106 Å². The zero-order valence-corrected chi connectivity index (χ0v) is 34.5.